The summed E-state index contributed by atoms with van der Waals surface area (Å²) < 4.78 is 0. The molecule has 1 atom stereocenters. The molecular weight excluding hydrogens is 663 g/mol. The van der Waals surface area contributed by atoms with Gasteiger partial charge in [-0.15, -0.1) is 0 Å². The molecule has 0 N–H and O–H groups in total. The van der Waals surface area contributed by atoms with E-state index in [4.69, 9.17) is 0 Å². The number of hydrogen-bond acceptors (Lipinski definition) is 1. The molecule has 7 aromatic carbocycles. The van der Waals surface area contributed by atoms with Gasteiger partial charge in [0.15, 0.2) is 0 Å². The Morgan fingerprint density at radius 2 is 1.25 bits per heavy atom. The van der Waals surface area contributed by atoms with Gasteiger partial charge < -0.3 is 4.90 Å². The molecule has 10 rings (SSSR count). The van der Waals surface area contributed by atoms with Gasteiger partial charge in [-0.2, -0.15) is 0 Å². The van der Waals surface area contributed by atoms with Gasteiger partial charge in [-0.1, -0.05) is 176 Å². The number of benzene rings is 7. The van der Waals surface area contributed by atoms with Crippen LogP contribution in [-0.4, -0.2) is 0 Å². The van der Waals surface area contributed by atoms with Crippen LogP contribution < -0.4 is 4.90 Å². The van der Waals surface area contributed by atoms with Crippen molar-refractivity contribution in [3.63, 3.8) is 0 Å². The Morgan fingerprint density at radius 3 is 2.04 bits per heavy atom. The molecule has 0 aliphatic heterocycles. The highest BCUT2D eigenvalue weighted by molar-refractivity contribution is 6.03. The first-order chi connectivity index (χ1) is 26.5. The molecule has 3 aliphatic carbocycles. The molecule has 0 saturated heterocycles. The zero-order valence-electron chi connectivity index (χ0n) is 33.2. The molecule has 0 saturated carbocycles. The topological polar surface area (TPSA) is 3.24 Å². The van der Waals surface area contributed by atoms with Crippen molar-refractivity contribution < 1.29 is 0 Å². The molecule has 3 aliphatic rings. The maximum absolute atomic E-state index is 2.64. The predicted molar refractivity (Wildman–Crippen MR) is 236 cm³/mol. The third kappa shape index (κ3) is 4.91. The highest BCUT2D eigenvalue weighted by Crippen LogP contribution is 2.66. The first-order valence-electron chi connectivity index (χ1n) is 20.1. The summed E-state index contributed by atoms with van der Waals surface area (Å²) in [5, 5.41) is 5.05. The van der Waals surface area contributed by atoms with E-state index in [0.717, 1.165) is 6.42 Å². The average molecular weight is 712 g/mol. The summed E-state index contributed by atoms with van der Waals surface area (Å²) in [4.78, 5) is 2.64. The van der Waals surface area contributed by atoms with Crippen LogP contribution in [0.25, 0.3) is 49.4 Å². The molecule has 0 bridgehead atoms. The summed E-state index contributed by atoms with van der Waals surface area (Å²) in [5.41, 5.74) is 17.4. The highest BCUT2D eigenvalue weighted by atomic mass is 15.2. The van der Waals surface area contributed by atoms with Crippen molar-refractivity contribution in [3.8, 4) is 22.3 Å². The van der Waals surface area contributed by atoms with E-state index in [1.165, 1.54) is 94.3 Å². The van der Waals surface area contributed by atoms with Crippen LogP contribution in [0.1, 0.15) is 82.7 Å². The van der Waals surface area contributed by atoms with Gasteiger partial charge in [-0.3, -0.25) is 0 Å². The van der Waals surface area contributed by atoms with Crippen molar-refractivity contribution in [3.05, 3.63) is 180 Å². The largest absolute Gasteiger partial charge is 0.310 e. The van der Waals surface area contributed by atoms with Crippen LogP contribution in [0.4, 0.5) is 17.1 Å². The summed E-state index contributed by atoms with van der Waals surface area (Å²) >= 11 is 0. The number of hydrogen-bond donors (Lipinski definition) is 0. The number of rotatable bonds is 4. The van der Waals surface area contributed by atoms with E-state index in [2.05, 4.69) is 205 Å². The van der Waals surface area contributed by atoms with Crippen molar-refractivity contribution in [1.29, 1.82) is 0 Å². The van der Waals surface area contributed by atoms with E-state index in [9.17, 15) is 0 Å². The normalized spacial score (nSPS) is 17.4. The first-order valence-corrected chi connectivity index (χ1v) is 20.1. The lowest BCUT2D eigenvalue weighted by Crippen LogP contribution is -2.29. The van der Waals surface area contributed by atoms with Crippen LogP contribution in [0.5, 0.6) is 0 Å². The first kappa shape index (κ1) is 33.9. The van der Waals surface area contributed by atoms with Crippen molar-refractivity contribution in [2.24, 2.45) is 5.92 Å². The fourth-order valence-electron chi connectivity index (χ4n) is 10.6. The average Bonchev–Trinajstić information content (AvgIpc) is 3.57. The minimum absolute atomic E-state index is 0.0823. The van der Waals surface area contributed by atoms with Gasteiger partial charge in [0.05, 0.1) is 5.69 Å². The molecule has 55 heavy (non-hydrogen) atoms. The Hall–Kier alpha value is -5.66. The molecule has 0 spiro atoms. The summed E-state index contributed by atoms with van der Waals surface area (Å²) in [6, 6.07) is 49.9. The minimum Gasteiger partial charge on any atom is -0.310 e. The van der Waals surface area contributed by atoms with Crippen LogP contribution in [0, 0.1) is 5.92 Å². The van der Waals surface area contributed by atoms with Crippen LogP contribution in [0.3, 0.4) is 0 Å². The Bertz CT molecular complexity index is 2760. The molecule has 0 heterocycles. The van der Waals surface area contributed by atoms with E-state index < -0.39 is 0 Å². The van der Waals surface area contributed by atoms with Gasteiger partial charge in [0.2, 0.25) is 0 Å². The predicted octanol–water partition coefficient (Wildman–Crippen LogP) is 15.0. The lowest BCUT2D eigenvalue weighted by molar-refractivity contribution is 0.414. The Balaban J connectivity index is 1.34. The summed E-state index contributed by atoms with van der Waals surface area (Å²) in [6.07, 6.45) is 8.19. The summed E-state index contributed by atoms with van der Waals surface area (Å²) in [7, 11) is 0. The molecular formula is C54H49N. The SMILES string of the molecule is CC(C)(C)c1c2c(c(N(c3ccc(-c4cccc5ccccc45)cc3)c3ccc4ccccc4c3)c3c1-c1ccccc1C3(C)C)C(C)(C)C1CC=CC=C21. The van der Waals surface area contributed by atoms with Gasteiger partial charge in [0.1, 0.15) is 0 Å². The van der Waals surface area contributed by atoms with E-state index in [-0.39, 0.29) is 16.2 Å². The van der Waals surface area contributed by atoms with Crippen LogP contribution in [-0.2, 0) is 16.2 Å². The molecule has 0 aromatic heterocycles. The third-order valence-electron chi connectivity index (χ3n) is 13.1. The summed E-state index contributed by atoms with van der Waals surface area (Å²) in [5.74, 6) is 0.403. The van der Waals surface area contributed by atoms with Crippen molar-refractivity contribution in [1.82, 2.24) is 0 Å². The van der Waals surface area contributed by atoms with E-state index >= 15 is 0 Å². The number of allylic oxidation sites excluding steroid dienone is 4. The molecule has 0 radical (unpaired) electrons. The van der Waals surface area contributed by atoms with Gasteiger partial charge in [0, 0.05) is 16.8 Å². The van der Waals surface area contributed by atoms with Gasteiger partial charge in [-0.25, -0.2) is 0 Å². The lowest BCUT2D eigenvalue weighted by Gasteiger charge is -2.39. The second-order valence-electron chi connectivity index (χ2n) is 18.1. The van der Waals surface area contributed by atoms with Crippen molar-refractivity contribution in [2.45, 2.75) is 71.1 Å². The van der Waals surface area contributed by atoms with E-state index in [1.54, 1.807) is 0 Å². The number of nitrogens with zero attached hydrogens (tertiary/aromatic N) is 1. The molecule has 1 nitrogen and oxygen atoms in total. The second kappa shape index (κ2) is 11.9. The van der Waals surface area contributed by atoms with Gasteiger partial charge in [-0.05, 0) is 125 Å². The maximum Gasteiger partial charge on any atom is 0.0552 e. The fraction of sp³-hybridized carbons (Fsp3) is 0.222. The second-order valence-corrected chi connectivity index (χ2v) is 18.1. The monoisotopic (exact) mass is 711 g/mol. The van der Waals surface area contributed by atoms with Crippen LogP contribution in [0.15, 0.2) is 152 Å². The zero-order chi connectivity index (χ0) is 37.9. The molecule has 1 heteroatoms. The van der Waals surface area contributed by atoms with E-state index in [1.807, 2.05) is 0 Å². The van der Waals surface area contributed by atoms with Crippen LogP contribution >= 0.6 is 0 Å². The number of anilines is 3. The van der Waals surface area contributed by atoms with Gasteiger partial charge >= 0.3 is 0 Å². The zero-order valence-corrected chi connectivity index (χ0v) is 33.2. The lowest BCUT2D eigenvalue weighted by atomic mass is 9.70. The number of fused-ring (bicyclic) bond motifs is 8. The summed E-state index contributed by atoms with van der Waals surface area (Å²) in [6.45, 7) is 17.3. The molecule has 0 amide bonds. The minimum atomic E-state index is -0.231. The van der Waals surface area contributed by atoms with Crippen molar-refractivity contribution in [2.75, 3.05) is 4.90 Å². The van der Waals surface area contributed by atoms with E-state index in [0.29, 0.717) is 5.92 Å². The molecule has 7 aromatic rings. The standard InChI is InChI=1S/C54H49N/c1-52(2,3)48-46-42-22-12-14-25-44(42)53(4,5)49(46)51(50-47(48)43-23-13-15-26-45(43)54(50,6)7)55(39-32-27-34-17-8-9-19-37(34)33-39)38-30-28-36(29-31-38)41-24-16-20-35-18-10-11-21-40(35)41/h8-25,27-33,45H,26H2,1-7H3. The Labute approximate surface area is 326 Å². The molecule has 1 unspecified atom stereocenters. The fourth-order valence-corrected chi connectivity index (χ4v) is 10.6. The Morgan fingerprint density at radius 1 is 0.600 bits per heavy atom. The van der Waals surface area contributed by atoms with Crippen LogP contribution in [0.2, 0.25) is 0 Å². The van der Waals surface area contributed by atoms with Gasteiger partial charge in [0.25, 0.3) is 0 Å². The molecule has 270 valence electrons. The van der Waals surface area contributed by atoms with Crippen molar-refractivity contribution >= 4 is 44.2 Å². The third-order valence-corrected chi connectivity index (χ3v) is 13.1. The highest BCUT2D eigenvalue weighted by Gasteiger charge is 2.52. The quantitative estimate of drug-likeness (QED) is 0.176. The molecule has 0 fully saturated rings. The smallest absolute Gasteiger partial charge is 0.0552 e. The maximum atomic E-state index is 2.64. The Kier molecular flexibility index (Phi) is 7.34.